The van der Waals surface area contributed by atoms with Crippen molar-refractivity contribution in [2.75, 3.05) is 75.0 Å². The van der Waals surface area contributed by atoms with Crippen LogP contribution >= 0.6 is 0 Å². The van der Waals surface area contributed by atoms with Crippen molar-refractivity contribution in [3.63, 3.8) is 0 Å². The molecule has 0 aromatic carbocycles. The lowest BCUT2D eigenvalue weighted by atomic mass is 10.2. The van der Waals surface area contributed by atoms with Crippen molar-refractivity contribution in [3.8, 4) is 0 Å². The molecule has 1 unspecified atom stereocenters. The molecule has 9 nitrogen and oxygen atoms in total. The smallest absolute Gasteiger partial charge is 0.377 e. The molecular weight excluding hydrogens is 374 g/mol. The number of nitrogens with one attached hydrogen (secondary N) is 2. The van der Waals surface area contributed by atoms with Gasteiger partial charge in [-0.15, -0.1) is 0 Å². The minimum atomic E-state index is -2.42. The maximum atomic E-state index is 5.35. The van der Waals surface area contributed by atoms with Gasteiger partial charge in [-0.05, 0) is 19.0 Å². The van der Waals surface area contributed by atoms with E-state index < -0.39 is 17.6 Å². The molecule has 11 heteroatoms. The largest absolute Gasteiger partial charge is 0.514 e. The monoisotopic (exact) mass is 415 g/mol. The summed E-state index contributed by atoms with van der Waals surface area (Å²) < 4.78 is 31.6. The van der Waals surface area contributed by atoms with Crippen molar-refractivity contribution in [1.82, 2.24) is 10.6 Å². The summed E-state index contributed by atoms with van der Waals surface area (Å²) in [7, 11) is 4.92. The highest BCUT2D eigenvalue weighted by molar-refractivity contribution is 6.61. The lowest BCUT2D eigenvalue weighted by Crippen LogP contribution is -2.52. The fourth-order valence-corrected chi connectivity index (χ4v) is 5.61. The molecule has 26 heavy (non-hydrogen) atoms. The summed E-state index contributed by atoms with van der Waals surface area (Å²) in [5.41, 5.74) is 5.31. The van der Waals surface area contributed by atoms with Gasteiger partial charge in [0.1, 0.15) is 0 Å². The molecule has 0 fully saturated rings. The van der Waals surface area contributed by atoms with Gasteiger partial charge in [-0.25, -0.2) is 0 Å². The third kappa shape index (κ3) is 11.7. The molecule has 4 N–H and O–H groups in total. The molecule has 0 heterocycles. The fourth-order valence-electron chi connectivity index (χ4n) is 2.20. The van der Waals surface area contributed by atoms with Gasteiger partial charge in [-0.3, -0.25) is 0 Å². The molecular formula is C15H41N3O6Si2. The first kappa shape index (κ1) is 28.3. The zero-order valence-corrected chi connectivity index (χ0v) is 19.8. The summed E-state index contributed by atoms with van der Waals surface area (Å²) in [6.45, 7) is 7.57. The average Bonchev–Trinajstić information content (AvgIpc) is 2.69. The quantitative estimate of drug-likeness (QED) is 0.253. The maximum absolute atomic E-state index is 5.35. The molecule has 1 atom stereocenters. The highest BCUT2D eigenvalue weighted by Gasteiger charge is 2.39. The molecule has 0 spiro atoms. The van der Waals surface area contributed by atoms with Crippen LogP contribution in [-0.2, 0) is 26.6 Å². The van der Waals surface area contributed by atoms with E-state index in [2.05, 4.69) is 24.5 Å². The van der Waals surface area contributed by atoms with Gasteiger partial charge >= 0.3 is 17.6 Å². The summed E-state index contributed by atoms with van der Waals surface area (Å²) >= 11 is 0. The minimum absolute atomic E-state index is 0.501. The van der Waals surface area contributed by atoms with Crippen molar-refractivity contribution in [2.45, 2.75) is 19.9 Å². The first-order valence-corrected chi connectivity index (χ1v) is 12.7. The second-order valence-corrected chi connectivity index (χ2v) is 11.6. The molecule has 0 aromatic heterocycles. The van der Waals surface area contributed by atoms with E-state index in [9.17, 15) is 0 Å². The van der Waals surface area contributed by atoms with Gasteiger partial charge in [0.05, 0.1) is 6.17 Å². The average molecular weight is 416 g/mol. The minimum Gasteiger partial charge on any atom is -0.377 e. The molecule has 160 valence electrons. The Morgan fingerprint density at radius 3 is 1.62 bits per heavy atom. The Kier molecular flexibility index (Phi) is 18.7. The van der Waals surface area contributed by atoms with Crippen LogP contribution in [-0.4, -0.2) is 92.6 Å². The van der Waals surface area contributed by atoms with Gasteiger partial charge in [0, 0.05) is 61.8 Å². The summed E-state index contributed by atoms with van der Waals surface area (Å²) in [4.78, 5) is 0. The van der Waals surface area contributed by atoms with Crippen molar-refractivity contribution >= 4 is 17.6 Å². The van der Waals surface area contributed by atoms with E-state index >= 15 is 0 Å². The van der Waals surface area contributed by atoms with Gasteiger partial charge < -0.3 is 42.9 Å². The fraction of sp³-hybridized carbons (Fsp3) is 1.00. The van der Waals surface area contributed by atoms with E-state index in [-0.39, 0.29) is 0 Å². The molecule has 0 aliphatic rings. The molecule has 0 rings (SSSR count). The van der Waals surface area contributed by atoms with Crippen LogP contribution in [0.4, 0.5) is 0 Å². The van der Waals surface area contributed by atoms with Crippen LogP contribution in [0, 0.1) is 5.92 Å². The highest BCUT2D eigenvalue weighted by atomic mass is 28.4. The first-order valence-electron chi connectivity index (χ1n) is 8.80. The predicted molar refractivity (Wildman–Crippen MR) is 108 cm³/mol. The molecule has 0 aliphatic heterocycles. The number of nitrogens with two attached hydrogens (primary N) is 1. The van der Waals surface area contributed by atoms with E-state index in [1.165, 1.54) is 0 Å². The van der Waals surface area contributed by atoms with E-state index in [1.54, 1.807) is 42.7 Å². The molecule has 0 aliphatic carbocycles. The van der Waals surface area contributed by atoms with Crippen LogP contribution < -0.4 is 16.4 Å². The Labute approximate surface area is 161 Å². The second kappa shape index (κ2) is 17.2. The molecule has 0 saturated heterocycles. The number of hydrogen-bond donors (Lipinski definition) is 3. The van der Waals surface area contributed by atoms with Gasteiger partial charge in [-0.2, -0.15) is 0 Å². The molecule has 0 aromatic rings. The van der Waals surface area contributed by atoms with Crippen LogP contribution in [0.3, 0.4) is 0 Å². The summed E-state index contributed by atoms with van der Waals surface area (Å²) in [5, 5.41) is 6.39. The van der Waals surface area contributed by atoms with Gasteiger partial charge in [0.2, 0.25) is 0 Å². The lowest BCUT2D eigenvalue weighted by molar-refractivity contribution is 0.118. The van der Waals surface area contributed by atoms with Crippen LogP contribution in [0.2, 0.25) is 6.04 Å². The zero-order chi connectivity index (χ0) is 20.5. The van der Waals surface area contributed by atoms with E-state index in [0.717, 1.165) is 25.7 Å². The van der Waals surface area contributed by atoms with E-state index in [0.29, 0.717) is 18.6 Å². The second-order valence-electron chi connectivity index (χ2n) is 5.67. The standard InChI is InChI=1S/C9H23NO3Si.C6H18N2O3Si/c1-6-10-7-9(2)8-14(11-3,12-4)13-5;1-9-12(10-2,11-3)6-8-5-4-7/h9-10H,6-8H2,1-5H3;8H,4-7H2,1-3H3. The summed E-state index contributed by atoms with van der Waals surface area (Å²) in [6.07, 6.45) is 0.591. The maximum Gasteiger partial charge on any atom is 0.514 e. The number of hydrogen-bond acceptors (Lipinski definition) is 9. The topological polar surface area (TPSA) is 105 Å². The van der Waals surface area contributed by atoms with E-state index in [1.807, 2.05) is 0 Å². The van der Waals surface area contributed by atoms with Crippen LogP contribution in [0.1, 0.15) is 13.8 Å². The van der Waals surface area contributed by atoms with Gasteiger partial charge in [0.25, 0.3) is 0 Å². The van der Waals surface area contributed by atoms with E-state index in [4.69, 9.17) is 32.3 Å². The Morgan fingerprint density at radius 2 is 1.27 bits per heavy atom. The Bertz CT molecular complexity index is 295. The first-order chi connectivity index (χ1) is 12.4. The van der Waals surface area contributed by atoms with Crippen molar-refractivity contribution in [1.29, 1.82) is 0 Å². The Balaban J connectivity index is 0. The van der Waals surface area contributed by atoms with Crippen molar-refractivity contribution in [3.05, 3.63) is 0 Å². The SMILES string of the molecule is CCNCC(C)C[Si](OC)(OC)OC.CO[Si](CNCCN)(OC)OC. The van der Waals surface area contributed by atoms with Crippen LogP contribution in [0.15, 0.2) is 0 Å². The van der Waals surface area contributed by atoms with Gasteiger partial charge in [0.15, 0.2) is 0 Å². The Morgan fingerprint density at radius 1 is 0.808 bits per heavy atom. The van der Waals surface area contributed by atoms with Gasteiger partial charge in [-0.1, -0.05) is 13.8 Å². The molecule has 0 saturated carbocycles. The lowest BCUT2D eigenvalue weighted by Gasteiger charge is -2.27. The van der Waals surface area contributed by atoms with Crippen LogP contribution in [0.5, 0.6) is 0 Å². The zero-order valence-electron chi connectivity index (χ0n) is 17.8. The Hall–Kier alpha value is 0.0738. The summed E-state index contributed by atoms with van der Waals surface area (Å²) in [5.74, 6) is 0.501. The predicted octanol–water partition coefficient (Wildman–Crippen LogP) is 0.0621. The molecule has 0 radical (unpaired) electrons. The third-order valence-corrected chi connectivity index (χ3v) is 9.48. The molecule has 0 amide bonds. The van der Waals surface area contributed by atoms with Crippen molar-refractivity contribution in [2.24, 2.45) is 11.7 Å². The summed E-state index contributed by atoms with van der Waals surface area (Å²) in [6, 6.07) is 0.851. The molecule has 0 bridgehead atoms. The highest BCUT2D eigenvalue weighted by Crippen LogP contribution is 2.18. The number of rotatable bonds is 15. The van der Waals surface area contributed by atoms with Crippen LogP contribution in [0.25, 0.3) is 0 Å². The normalized spacial score (nSPS) is 13.3. The third-order valence-electron chi connectivity index (χ3n) is 3.87. The van der Waals surface area contributed by atoms with Crippen molar-refractivity contribution < 1.29 is 26.6 Å².